The van der Waals surface area contributed by atoms with Crippen LogP contribution in [0.25, 0.3) is 10.9 Å². The third-order valence-corrected chi connectivity index (χ3v) is 7.49. The zero-order chi connectivity index (χ0) is 23.7. The fourth-order valence-electron chi connectivity index (χ4n) is 5.94. The molecule has 4 heterocycles. The van der Waals surface area contributed by atoms with Crippen LogP contribution in [0.3, 0.4) is 0 Å². The highest BCUT2D eigenvalue weighted by Gasteiger charge is 2.50. The van der Waals surface area contributed by atoms with Crippen LogP contribution in [0.2, 0.25) is 0 Å². The van der Waals surface area contributed by atoms with Gasteiger partial charge in [-0.15, -0.1) is 0 Å². The molecule has 3 aliphatic heterocycles. The van der Waals surface area contributed by atoms with E-state index < -0.39 is 0 Å². The number of hydrogen-bond acceptors (Lipinski definition) is 5. The van der Waals surface area contributed by atoms with Crippen LogP contribution in [0.15, 0.2) is 36.1 Å². The van der Waals surface area contributed by atoms with E-state index in [-0.39, 0.29) is 36.0 Å². The number of nitrogens with zero attached hydrogens (tertiary/aromatic N) is 1. The first-order valence-electron chi connectivity index (χ1n) is 12.3. The number of carbonyl (C=O) groups excluding carboxylic acids is 2. The molecule has 1 saturated heterocycles. The molecule has 1 aromatic heterocycles. The lowest BCUT2D eigenvalue weighted by Crippen LogP contribution is -2.57. The average molecular weight is 453 g/mol. The first-order chi connectivity index (χ1) is 16.0. The number of methoxy groups -OCH3 is 1. The van der Waals surface area contributed by atoms with Crippen molar-refractivity contribution in [3.63, 3.8) is 0 Å². The summed E-state index contributed by atoms with van der Waals surface area (Å²) in [6.07, 6.45) is 4.55. The number of benzene rings is 1. The molecule has 178 valence electrons. The van der Waals surface area contributed by atoms with E-state index >= 15 is 0 Å². The molecule has 5 atom stereocenters. The predicted octanol–water partition coefficient (Wildman–Crippen LogP) is 4.94. The number of ether oxygens (including phenoxy) is 2. The maximum atomic E-state index is 13.2. The van der Waals surface area contributed by atoms with Gasteiger partial charge in [0.25, 0.3) is 0 Å². The Balaban J connectivity index is 0.00000126. The van der Waals surface area contributed by atoms with Crippen LogP contribution in [0.4, 0.5) is 0 Å². The number of piperidine rings is 1. The van der Waals surface area contributed by atoms with Crippen molar-refractivity contribution in [3.05, 3.63) is 47.4 Å². The predicted molar refractivity (Wildman–Crippen MR) is 129 cm³/mol. The zero-order valence-electron chi connectivity index (χ0n) is 20.4. The minimum absolute atomic E-state index is 0.00889. The normalized spacial score (nSPS) is 28.3. The van der Waals surface area contributed by atoms with Gasteiger partial charge in [-0.05, 0) is 37.8 Å². The van der Waals surface area contributed by atoms with Gasteiger partial charge >= 0.3 is 5.97 Å². The summed E-state index contributed by atoms with van der Waals surface area (Å²) in [6.45, 7) is 8.86. The van der Waals surface area contributed by atoms with E-state index in [1.54, 1.807) is 6.26 Å². The number of aromatic nitrogens is 1. The second kappa shape index (κ2) is 9.72. The first kappa shape index (κ1) is 23.6. The number of hydrogen-bond donors (Lipinski definition) is 1. The highest BCUT2D eigenvalue weighted by molar-refractivity contribution is 5.90. The van der Waals surface area contributed by atoms with Crippen molar-refractivity contribution in [1.82, 2.24) is 9.88 Å². The van der Waals surface area contributed by atoms with Crippen molar-refractivity contribution in [3.8, 4) is 0 Å². The lowest BCUT2D eigenvalue weighted by atomic mass is 9.71. The van der Waals surface area contributed by atoms with Gasteiger partial charge in [-0.3, -0.25) is 9.69 Å². The molecule has 1 N–H and O–H groups in total. The molecule has 0 saturated carbocycles. The summed E-state index contributed by atoms with van der Waals surface area (Å²) in [6, 6.07) is 8.28. The molecule has 3 aliphatic rings. The van der Waals surface area contributed by atoms with Crippen molar-refractivity contribution >= 4 is 22.7 Å². The standard InChI is InChI=1S/C25H30N2O4.C2H6/c1-4-7-23(28)21-11-17-15-8-5-6-9-20(15)26-24(17)22-10-16-18(12-27(21)22)14(2)31-13-19(16)25(29)30-3;1-2/h5-6,8-9,13-14,16,18,21-22,26H,4,7,10-12H2,1-3H3;1-2H3/t14-,16?,18?,21?,22?;/m0./s1. The molecule has 5 rings (SSSR count). The van der Waals surface area contributed by atoms with Crippen molar-refractivity contribution in [2.75, 3.05) is 13.7 Å². The van der Waals surface area contributed by atoms with E-state index in [0.29, 0.717) is 17.8 Å². The summed E-state index contributed by atoms with van der Waals surface area (Å²) in [5.74, 6) is 0.201. The van der Waals surface area contributed by atoms with Crippen LogP contribution in [-0.2, 0) is 25.5 Å². The molecule has 1 aromatic carbocycles. The van der Waals surface area contributed by atoms with Gasteiger partial charge in [0.15, 0.2) is 0 Å². The fraction of sp³-hybridized carbons (Fsp3) is 0.556. The monoisotopic (exact) mass is 452 g/mol. The molecular formula is C27H36N2O4. The Morgan fingerprint density at radius 1 is 1.24 bits per heavy atom. The Morgan fingerprint density at radius 3 is 2.73 bits per heavy atom. The molecule has 33 heavy (non-hydrogen) atoms. The Kier molecular flexibility index (Phi) is 6.94. The molecule has 0 radical (unpaired) electrons. The molecule has 0 spiro atoms. The Bertz CT molecular complexity index is 1060. The molecule has 0 amide bonds. The number of fused-ring (bicyclic) bond motifs is 6. The molecule has 4 unspecified atom stereocenters. The van der Waals surface area contributed by atoms with Gasteiger partial charge in [-0.25, -0.2) is 4.79 Å². The van der Waals surface area contributed by atoms with E-state index in [0.717, 1.165) is 31.3 Å². The van der Waals surface area contributed by atoms with Gasteiger partial charge in [-0.1, -0.05) is 39.0 Å². The van der Waals surface area contributed by atoms with Crippen LogP contribution < -0.4 is 0 Å². The van der Waals surface area contributed by atoms with Crippen LogP contribution >= 0.6 is 0 Å². The third kappa shape index (κ3) is 3.99. The van der Waals surface area contributed by atoms with Crippen molar-refractivity contribution in [2.45, 2.75) is 71.6 Å². The quantitative estimate of drug-likeness (QED) is 0.665. The molecule has 1 fully saturated rings. The molecule has 6 heteroatoms. The number of ketones is 1. The second-order valence-electron chi connectivity index (χ2n) is 9.12. The van der Waals surface area contributed by atoms with Crippen LogP contribution in [-0.4, -0.2) is 47.4 Å². The molecular weight excluding hydrogens is 416 g/mol. The number of carbonyl (C=O) groups is 2. The number of esters is 1. The van der Waals surface area contributed by atoms with Crippen LogP contribution in [0.1, 0.15) is 64.3 Å². The van der Waals surface area contributed by atoms with Crippen LogP contribution in [0, 0.1) is 11.8 Å². The maximum Gasteiger partial charge on any atom is 0.337 e. The van der Waals surface area contributed by atoms with E-state index in [1.165, 1.54) is 23.8 Å². The average Bonchev–Trinajstić information content (AvgIpc) is 3.23. The molecule has 2 aromatic rings. The number of H-pyrrole nitrogens is 1. The Labute approximate surface area is 196 Å². The highest BCUT2D eigenvalue weighted by atomic mass is 16.5. The van der Waals surface area contributed by atoms with Gasteiger partial charge in [0.2, 0.25) is 0 Å². The van der Waals surface area contributed by atoms with E-state index in [2.05, 4.69) is 41.9 Å². The minimum Gasteiger partial charge on any atom is -0.497 e. The third-order valence-electron chi connectivity index (χ3n) is 7.49. The van der Waals surface area contributed by atoms with E-state index in [4.69, 9.17) is 9.47 Å². The maximum absolute atomic E-state index is 13.2. The molecule has 0 bridgehead atoms. The Hall–Kier alpha value is -2.60. The second-order valence-corrected chi connectivity index (χ2v) is 9.12. The lowest BCUT2D eigenvalue weighted by Gasteiger charge is -2.51. The smallest absolute Gasteiger partial charge is 0.337 e. The number of Topliss-reactive ketones (excluding diaryl/α,β-unsaturated/α-hetero) is 1. The summed E-state index contributed by atoms with van der Waals surface area (Å²) >= 11 is 0. The number of aromatic amines is 1. The largest absolute Gasteiger partial charge is 0.497 e. The number of para-hydroxylation sites is 1. The number of rotatable bonds is 4. The van der Waals surface area contributed by atoms with Crippen molar-refractivity contribution in [2.24, 2.45) is 11.8 Å². The van der Waals surface area contributed by atoms with Gasteiger partial charge in [-0.2, -0.15) is 0 Å². The van der Waals surface area contributed by atoms with Crippen LogP contribution in [0.5, 0.6) is 0 Å². The van der Waals surface area contributed by atoms with E-state index in [9.17, 15) is 9.59 Å². The van der Waals surface area contributed by atoms with Gasteiger partial charge in [0, 0.05) is 41.4 Å². The first-order valence-corrected chi connectivity index (χ1v) is 12.3. The molecule has 6 nitrogen and oxygen atoms in total. The summed E-state index contributed by atoms with van der Waals surface area (Å²) < 4.78 is 10.9. The van der Waals surface area contributed by atoms with E-state index in [1.807, 2.05) is 19.9 Å². The Morgan fingerprint density at radius 2 is 2.00 bits per heavy atom. The lowest BCUT2D eigenvalue weighted by molar-refractivity contribution is -0.140. The summed E-state index contributed by atoms with van der Waals surface area (Å²) in [5, 5.41) is 1.21. The molecule has 0 aliphatic carbocycles. The SMILES string of the molecule is CC.CCCC(=O)C1Cc2c([nH]c3ccccc23)C2CC3C(C(=O)OC)=CO[C@@H](C)C3CN12. The zero-order valence-corrected chi connectivity index (χ0v) is 20.4. The fourth-order valence-corrected chi connectivity index (χ4v) is 5.94. The van der Waals surface area contributed by atoms with Crippen molar-refractivity contribution < 1.29 is 19.1 Å². The van der Waals surface area contributed by atoms with Gasteiger partial charge < -0.3 is 14.5 Å². The highest BCUT2D eigenvalue weighted by Crippen LogP contribution is 2.49. The topological polar surface area (TPSA) is 71.6 Å². The summed E-state index contributed by atoms with van der Waals surface area (Å²) in [4.78, 5) is 31.7. The van der Waals surface area contributed by atoms with Gasteiger partial charge in [0.05, 0.1) is 37.1 Å². The summed E-state index contributed by atoms with van der Waals surface area (Å²) in [7, 11) is 1.42. The minimum atomic E-state index is -0.318. The van der Waals surface area contributed by atoms with Crippen molar-refractivity contribution in [1.29, 1.82) is 0 Å². The van der Waals surface area contributed by atoms with Gasteiger partial charge in [0.1, 0.15) is 5.78 Å². The number of nitrogens with one attached hydrogen (secondary N) is 1. The summed E-state index contributed by atoms with van der Waals surface area (Å²) in [5.41, 5.74) is 4.18.